The minimum atomic E-state index is 0.0713. The Hall–Kier alpha value is -0.840. The van der Waals surface area contributed by atoms with Crippen LogP contribution in [0, 0.1) is 0 Å². The Morgan fingerprint density at radius 3 is 2.88 bits per heavy atom. The Morgan fingerprint density at radius 1 is 1.38 bits per heavy atom. The van der Waals surface area contributed by atoms with Crippen molar-refractivity contribution in [2.75, 3.05) is 33.0 Å². The maximum atomic E-state index is 5.53. The number of nitrogens with one attached hydrogen (secondary N) is 1. The van der Waals surface area contributed by atoms with Gasteiger partial charge in [-0.1, -0.05) is 0 Å². The number of ether oxygens (including phenoxy) is 2. The van der Waals surface area contributed by atoms with Crippen LogP contribution in [-0.2, 0) is 14.9 Å². The summed E-state index contributed by atoms with van der Waals surface area (Å²) in [6, 6.07) is 4.41. The van der Waals surface area contributed by atoms with Gasteiger partial charge in [0.15, 0.2) is 0 Å². The summed E-state index contributed by atoms with van der Waals surface area (Å²) >= 11 is 0. The van der Waals surface area contributed by atoms with Gasteiger partial charge < -0.3 is 19.2 Å². The Labute approximate surface area is 94.9 Å². The first-order valence-electron chi connectivity index (χ1n) is 5.82. The summed E-state index contributed by atoms with van der Waals surface area (Å²) in [4.78, 5) is 0. The van der Waals surface area contributed by atoms with Gasteiger partial charge in [-0.15, -0.1) is 0 Å². The van der Waals surface area contributed by atoms with Crippen LogP contribution in [0.5, 0.6) is 0 Å². The second-order valence-electron chi connectivity index (χ2n) is 4.68. The topological polar surface area (TPSA) is 43.6 Å². The molecular formula is C12H17NO3. The van der Waals surface area contributed by atoms with E-state index < -0.39 is 0 Å². The predicted molar refractivity (Wildman–Crippen MR) is 58.4 cm³/mol. The van der Waals surface area contributed by atoms with Crippen LogP contribution in [0.2, 0.25) is 0 Å². The van der Waals surface area contributed by atoms with Gasteiger partial charge in [0.25, 0.3) is 0 Å². The van der Waals surface area contributed by atoms with Gasteiger partial charge >= 0.3 is 0 Å². The van der Waals surface area contributed by atoms with Crippen molar-refractivity contribution in [3.63, 3.8) is 0 Å². The molecule has 0 amide bonds. The van der Waals surface area contributed by atoms with Crippen molar-refractivity contribution in [2.45, 2.75) is 17.9 Å². The van der Waals surface area contributed by atoms with Gasteiger partial charge in [-0.2, -0.15) is 0 Å². The quantitative estimate of drug-likeness (QED) is 0.827. The molecule has 2 fully saturated rings. The summed E-state index contributed by atoms with van der Waals surface area (Å²) in [6.45, 7) is 4.08. The second kappa shape index (κ2) is 4.20. The first-order chi connectivity index (χ1) is 7.89. The Bertz CT molecular complexity index is 326. The molecule has 1 atom stereocenters. The lowest BCUT2D eigenvalue weighted by atomic mass is 9.77. The smallest absolute Gasteiger partial charge is 0.114 e. The fraction of sp³-hybridized carbons (Fsp3) is 0.667. The van der Waals surface area contributed by atoms with Crippen molar-refractivity contribution in [2.24, 2.45) is 0 Å². The van der Waals surface area contributed by atoms with E-state index in [1.165, 1.54) is 0 Å². The van der Waals surface area contributed by atoms with E-state index in [0.29, 0.717) is 6.04 Å². The largest absolute Gasteiger partial charge is 0.469 e. The van der Waals surface area contributed by atoms with Crippen molar-refractivity contribution in [1.82, 2.24) is 5.32 Å². The van der Waals surface area contributed by atoms with E-state index in [4.69, 9.17) is 13.9 Å². The average molecular weight is 223 g/mol. The zero-order valence-electron chi connectivity index (χ0n) is 9.28. The highest BCUT2D eigenvalue weighted by molar-refractivity contribution is 5.18. The highest BCUT2D eigenvalue weighted by Gasteiger charge is 2.44. The van der Waals surface area contributed by atoms with E-state index in [-0.39, 0.29) is 5.41 Å². The fourth-order valence-electron chi connectivity index (χ4n) is 2.51. The summed E-state index contributed by atoms with van der Waals surface area (Å²) in [5, 5.41) is 3.48. The zero-order chi connectivity index (χ0) is 10.8. The van der Waals surface area contributed by atoms with Gasteiger partial charge in [-0.3, -0.25) is 0 Å². The molecule has 1 unspecified atom stereocenters. The summed E-state index contributed by atoms with van der Waals surface area (Å²) in [6.07, 6.45) is 2.76. The van der Waals surface area contributed by atoms with E-state index in [1.54, 1.807) is 6.26 Å². The molecule has 16 heavy (non-hydrogen) atoms. The molecule has 2 aliphatic heterocycles. The standard InChI is InChI=1S/C12H17NO3/c1-2-11(16-4-1)12(8-15-9-12)6-10-7-14-5-3-13-10/h1-2,4,10,13H,3,5-9H2. The SMILES string of the molecule is c1coc(C2(CC3COCCN3)COC2)c1. The maximum Gasteiger partial charge on any atom is 0.114 e. The van der Waals surface area contributed by atoms with Gasteiger partial charge in [-0.25, -0.2) is 0 Å². The van der Waals surface area contributed by atoms with E-state index in [9.17, 15) is 0 Å². The lowest BCUT2D eigenvalue weighted by molar-refractivity contribution is -0.0845. The van der Waals surface area contributed by atoms with Gasteiger partial charge in [-0.05, 0) is 18.6 Å². The van der Waals surface area contributed by atoms with Crippen LogP contribution in [0.25, 0.3) is 0 Å². The van der Waals surface area contributed by atoms with Crippen molar-refractivity contribution in [3.8, 4) is 0 Å². The van der Waals surface area contributed by atoms with Gasteiger partial charge in [0.2, 0.25) is 0 Å². The number of rotatable bonds is 3. The van der Waals surface area contributed by atoms with Crippen LogP contribution >= 0.6 is 0 Å². The third kappa shape index (κ3) is 1.77. The van der Waals surface area contributed by atoms with E-state index in [0.717, 1.165) is 45.2 Å². The molecule has 0 aliphatic carbocycles. The third-order valence-electron chi connectivity index (χ3n) is 3.44. The van der Waals surface area contributed by atoms with Crippen LogP contribution in [0.4, 0.5) is 0 Å². The van der Waals surface area contributed by atoms with Crippen LogP contribution in [-0.4, -0.2) is 39.0 Å². The molecule has 3 heterocycles. The molecule has 88 valence electrons. The van der Waals surface area contributed by atoms with Crippen molar-refractivity contribution in [1.29, 1.82) is 0 Å². The number of furan rings is 1. The molecular weight excluding hydrogens is 206 g/mol. The first-order valence-corrected chi connectivity index (χ1v) is 5.82. The Morgan fingerprint density at radius 2 is 2.31 bits per heavy atom. The molecule has 1 N–H and O–H groups in total. The van der Waals surface area contributed by atoms with Crippen molar-refractivity contribution in [3.05, 3.63) is 24.2 Å². The first kappa shape index (κ1) is 10.3. The highest BCUT2D eigenvalue weighted by atomic mass is 16.5. The van der Waals surface area contributed by atoms with Crippen LogP contribution < -0.4 is 5.32 Å². The molecule has 0 radical (unpaired) electrons. The number of morpholine rings is 1. The summed E-state index contributed by atoms with van der Waals surface area (Å²) in [5.41, 5.74) is 0.0713. The molecule has 3 rings (SSSR count). The summed E-state index contributed by atoms with van der Waals surface area (Å²) in [5.74, 6) is 1.05. The average Bonchev–Trinajstić information content (AvgIpc) is 2.78. The maximum absolute atomic E-state index is 5.53. The second-order valence-corrected chi connectivity index (χ2v) is 4.68. The molecule has 2 aliphatic rings. The van der Waals surface area contributed by atoms with Crippen molar-refractivity contribution >= 4 is 0 Å². The van der Waals surface area contributed by atoms with Crippen LogP contribution in [0.15, 0.2) is 22.8 Å². The van der Waals surface area contributed by atoms with E-state index >= 15 is 0 Å². The van der Waals surface area contributed by atoms with Crippen LogP contribution in [0.3, 0.4) is 0 Å². The zero-order valence-corrected chi connectivity index (χ0v) is 9.28. The van der Waals surface area contributed by atoms with Crippen molar-refractivity contribution < 1.29 is 13.9 Å². The fourth-order valence-corrected chi connectivity index (χ4v) is 2.51. The van der Waals surface area contributed by atoms with Gasteiger partial charge in [0.05, 0.1) is 38.1 Å². The molecule has 4 nitrogen and oxygen atoms in total. The third-order valence-corrected chi connectivity index (χ3v) is 3.44. The lowest BCUT2D eigenvalue weighted by Gasteiger charge is -2.42. The number of hydrogen-bond acceptors (Lipinski definition) is 4. The molecule has 2 saturated heterocycles. The molecule has 1 aromatic rings. The molecule has 1 aromatic heterocycles. The Balaban J connectivity index is 1.70. The predicted octanol–water partition coefficient (Wildman–Crippen LogP) is 0.926. The normalized spacial score (nSPS) is 28.6. The lowest BCUT2D eigenvalue weighted by Crippen LogP contribution is -2.53. The minimum Gasteiger partial charge on any atom is -0.469 e. The monoisotopic (exact) mass is 223 g/mol. The minimum absolute atomic E-state index is 0.0713. The summed E-state index contributed by atoms with van der Waals surface area (Å²) in [7, 11) is 0. The molecule has 0 spiro atoms. The van der Waals surface area contributed by atoms with Gasteiger partial charge in [0.1, 0.15) is 5.76 Å². The molecule has 0 bridgehead atoms. The summed E-state index contributed by atoms with van der Waals surface area (Å²) < 4.78 is 16.4. The molecule has 0 aromatic carbocycles. The number of hydrogen-bond donors (Lipinski definition) is 1. The molecule has 4 heteroatoms. The highest BCUT2D eigenvalue weighted by Crippen LogP contribution is 2.37. The Kier molecular flexibility index (Phi) is 2.71. The van der Waals surface area contributed by atoms with E-state index in [1.807, 2.05) is 12.1 Å². The van der Waals surface area contributed by atoms with Gasteiger partial charge in [0, 0.05) is 12.6 Å². The van der Waals surface area contributed by atoms with Crippen LogP contribution in [0.1, 0.15) is 12.2 Å². The molecule has 0 saturated carbocycles. The van der Waals surface area contributed by atoms with E-state index in [2.05, 4.69) is 5.32 Å².